The van der Waals surface area contributed by atoms with Gasteiger partial charge in [0.05, 0.1) is 13.0 Å². The standard InChI is InChI=1S/C13H21F2NO2/c1-18-12(17)11-3-2-6-16(9-11)8-10-4-5-13(14,15)7-10/h10-11H,2-9H2,1H3. The molecule has 0 radical (unpaired) electrons. The first-order valence-corrected chi connectivity index (χ1v) is 6.68. The fourth-order valence-corrected chi connectivity index (χ4v) is 3.14. The second-order valence-electron chi connectivity index (χ2n) is 5.59. The molecule has 1 aliphatic carbocycles. The maximum atomic E-state index is 13.1. The molecule has 0 amide bonds. The number of hydrogen-bond acceptors (Lipinski definition) is 3. The lowest BCUT2D eigenvalue weighted by Gasteiger charge is -2.32. The zero-order chi connectivity index (χ0) is 13.2. The molecule has 2 fully saturated rings. The molecule has 0 aromatic heterocycles. The first kappa shape index (κ1) is 13.7. The van der Waals surface area contributed by atoms with Gasteiger partial charge >= 0.3 is 5.97 Å². The predicted molar refractivity (Wildman–Crippen MR) is 63.5 cm³/mol. The van der Waals surface area contributed by atoms with Crippen molar-refractivity contribution in [3.8, 4) is 0 Å². The molecule has 18 heavy (non-hydrogen) atoms. The highest BCUT2D eigenvalue weighted by molar-refractivity contribution is 5.72. The van der Waals surface area contributed by atoms with E-state index in [1.54, 1.807) is 0 Å². The average molecular weight is 261 g/mol. The van der Waals surface area contributed by atoms with E-state index in [4.69, 9.17) is 4.74 Å². The summed E-state index contributed by atoms with van der Waals surface area (Å²) in [5.74, 6) is -2.64. The Balaban J connectivity index is 1.81. The number of alkyl halides is 2. The molecule has 1 saturated carbocycles. The fraction of sp³-hybridized carbons (Fsp3) is 0.923. The van der Waals surface area contributed by atoms with Gasteiger partial charge < -0.3 is 9.64 Å². The minimum absolute atomic E-state index is 0.00634. The van der Waals surface area contributed by atoms with Crippen molar-refractivity contribution in [1.82, 2.24) is 4.90 Å². The third kappa shape index (κ3) is 3.40. The molecule has 3 nitrogen and oxygen atoms in total. The molecule has 2 rings (SSSR count). The summed E-state index contributed by atoms with van der Waals surface area (Å²) in [5, 5.41) is 0. The van der Waals surface area contributed by atoms with Gasteiger partial charge in [-0.1, -0.05) is 0 Å². The quantitative estimate of drug-likeness (QED) is 0.730. The number of carbonyl (C=O) groups excluding carboxylic acids is 1. The first-order chi connectivity index (χ1) is 8.50. The van der Waals surface area contributed by atoms with E-state index in [-0.39, 0.29) is 30.6 Å². The number of rotatable bonds is 3. The summed E-state index contributed by atoms with van der Waals surface area (Å²) in [6.07, 6.45) is 2.43. The SMILES string of the molecule is COC(=O)C1CCCN(CC2CCC(F)(F)C2)C1. The minimum atomic E-state index is -2.47. The molecule has 0 bridgehead atoms. The van der Waals surface area contributed by atoms with Crippen molar-refractivity contribution in [2.24, 2.45) is 11.8 Å². The Hall–Kier alpha value is -0.710. The van der Waals surface area contributed by atoms with Crippen LogP contribution < -0.4 is 0 Å². The van der Waals surface area contributed by atoms with Gasteiger partial charge in [-0.25, -0.2) is 8.78 Å². The van der Waals surface area contributed by atoms with Crippen LogP contribution in [0.25, 0.3) is 0 Å². The van der Waals surface area contributed by atoms with Gasteiger partial charge in [-0.3, -0.25) is 4.79 Å². The Morgan fingerprint density at radius 3 is 2.83 bits per heavy atom. The molecule has 1 saturated heterocycles. The van der Waals surface area contributed by atoms with E-state index in [0.29, 0.717) is 19.5 Å². The van der Waals surface area contributed by atoms with E-state index >= 15 is 0 Å². The van der Waals surface area contributed by atoms with Gasteiger partial charge in [0.1, 0.15) is 0 Å². The number of likely N-dealkylation sites (tertiary alicyclic amines) is 1. The molecule has 1 aliphatic heterocycles. The van der Waals surface area contributed by atoms with E-state index in [0.717, 1.165) is 19.4 Å². The zero-order valence-corrected chi connectivity index (χ0v) is 10.8. The van der Waals surface area contributed by atoms with Gasteiger partial charge in [0.2, 0.25) is 5.92 Å². The number of piperidine rings is 1. The molecule has 104 valence electrons. The third-order valence-electron chi connectivity index (χ3n) is 4.06. The zero-order valence-electron chi connectivity index (χ0n) is 10.8. The maximum Gasteiger partial charge on any atom is 0.309 e. The fourth-order valence-electron chi connectivity index (χ4n) is 3.14. The summed E-state index contributed by atoms with van der Waals surface area (Å²) in [6.45, 7) is 2.27. The van der Waals surface area contributed by atoms with Gasteiger partial charge in [-0.15, -0.1) is 0 Å². The van der Waals surface area contributed by atoms with Crippen LogP contribution in [0.1, 0.15) is 32.1 Å². The van der Waals surface area contributed by atoms with Crippen LogP contribution in [0.2, 0.25) is 0 Å². The Morgan fingerprint density at radius 1 is 1.44 bits per heavy atom. The van der Waals surface area contributed by atoms with E-state index in [9.17, 15) is 13.6 Å². The number of carbonyl (C=O) groups is 1. The summed E-state index contributed by atoms with van der Waals surface area (Å²) in [4.78, 5) is 13.6. The van der Waals surface area contributed by atoms with Gasteiger partial charge in [-0.2, -0.15) is 0 Å². The maximum absolute atomic E-state index is 13.1. The Labute approximate surface area is 106 Å². The molecule has 1 heterocycles. The van der Waals surface area contributed by atoms with Gasteiger partial charge in [0.25, 0.3) is 0 Å². The van der Waals surface area contributed by atoms with Crippen molar-refractivity contribution in [2.75, 3.05) is 26.7 Å². The van der Waals surface area contributed by atoms with Crippen LogP contribution in [0, 0.1) is 11.8 Å². The number of esters is 1. The summed E-state index contributed by atoms with van der Waals surface area (Å²) in [6, 6.07) is 0. The smallest absolute Gasteiger partial charge is 0.309 e. The van der Waals surface area contributed by atoms with Gasteiger partial charge in [-0.05, 0) is 31.7 Å². The number of methoxy groups -OCH3 is 1. The Bertz CT molecular complexity index is 309. The van der Waals surface area contributed by atoms with Gasteiger partial charge in [0, 0.05) is 25.9 Å². The minimum Gasteiger partial charge on any atom is -0.469 e. The van der Waals surface area contributed by atoms with Crippen LogP contribution in [0.4, 0.5) is 8.78 Å². The van der Waals surface area contributed by atoms with Crippen molar-refractivity contribution >= 4 is 5.97 Å². The average Bonchev–Trinajstić information content (AvgIpc) is 2.68. The number of ether oxygens (including phenoxy) is 1. The first-order valence-electron chi connectivity index (χ1n) is 6.68. The van der Waals surface area contributed by atoms with Crippen LogP contribution >= 0.6 is 0 Å². The molecule has 0 N–H and O–H groups in total. The Morgan fingerprint density at radius 2 is 2.22 bits per heavy atom. The van der Waals surface area contributed by atoms with Crippen molar-refractivity contribution in [3.63, 3.8) is 0 Å². The van der Waals surface area contributed by atoms with Crippen LogP contribution in [0.5, 0.6) is 0 Å². The summed E-state index contributed by atoms with van der Waals surface area (Å²) in [5.41, 5.74) is 0. The number of halogens is 2. The highest BCUT2D eigenvalue weighted by Gasteiger charge is 2.40. The van der Waals surface area contributed by atoms with E-state index < -0.39 is 5.92 Å². The summed E-state index contributed by atoms with van der Waals surface area (Å²) in [7, 11) is 1.40. The van der Waals surface area contributed by atoms with Gasteiger partial charge in [0.15, 0.2) is 0 Å². The third-order valence-corrected chi connectivity index (χ3v) is 4.06. The van der Waals surface area contributed by atoms with E-state index in [1.165, 1.54) is 7.11 Å². The molecular weight excluding hydrogens is 240 g/mol. The highest BCUT2D eigenvalue weighted by atomic mass is 19.3. The van der Waals surface area contributed by atoms with Crippen molar-refractivity contribution in [2.45, 2.75) is 38.0 Å². The second kappa shape index (κ2) is 5.51. The number of nitrogens with zero attached hydrogens (tertiary/aromatic N) is 1. The molecule has 5 heteroatoms. The normalized spacial score (nSPS) is 32.4. The van der Waals surface area contributed by atoms with E-state index in [1.807, 2.05) is 0 Å². The molecule has 2 unspecified atom stereocenters. The monoisotopic (exact) mass is 261 g/mol. The molecule has 2 aliphatic rings. The van der Waals surface area contributed by atoms with Crippen LogP contribution in [-0.4, -0.2) is 43.5 Å². The largest absolute Gasteiger partial charge is 0.469 e. The Kier molecular flexibility index (Phi) is 4.20. The lowest BCUT2D eigenvalue weighted by Crippen LogP contribution is -2.41. The molecule has 0 aromatic carbocycles. The highest BCUT2D eigenvalue weighted by Crippen LogP contribution is 2.39. The van der Waals surface area contributed by atoms with Crippen molar-refractivity contribution in [3.05, 3.63) is 0 Å². The lowest BCUT2D eigenvalue weighted by molar-refractivity contribution is -0.147. The van der Waals surface area contributed by atoms with E-state index in [2.05, 4.69) is 4.90 Å². The molecular formula is C13H21F2NO2. The lowest BCUT2D eigenvalue weighted by atomic mass is 9.96. The molecule has 2 atom stereocenters. The van der Waals surface area contributed by atoms with Crippen LogP contribution in [0.15, 0.2) is 0 Å². The van der Waals surface area contributed by atoms with Crippen LogP contribution in [0.3, 0.4) is 0 Å². The topological polar surface area (TPSA) is 29.5 Å². The predicted octanol–water partition coefficient (Wildman–Crippen LogP) is 2.31. The molecule has 0 aromatic rings. The summed E-state index contributed by atoms with van der Waals surface area (Å²) < 4.78 is 31.0. The summed E-state index contributed by atoms with van der Waals surface area (Å²) >= 11 is 0. The molecule has 0 spiro atoms. The number of hydrogen-bond donors (Lipinski definition) is 0. The van der Waals surface area contributed by atoms with Crippen molar-refractivity contribution in [1.29, 1.82) is 0 Å². The van der Waals surface area contributed by atoms with Crippen molar-refractivity contribution < 1.29 is 18.3 Å². The van der Waals surface area contributed by atoms with Crippen LogP contribution in [-0.2, 0) is 9.53 Å². The second-order valence-corrected chi connectivity index (χ2v) is 5.59.